The first-order valence-electron chi connectivity index (χ1n) is 6.74. The molecule has 2 rings (SSSR count). The Kier molecular flexibility index (Phi) is 6.83. The Hall–Kier alpha value is -0.580. The summed E-state index contributed by atoms with van der Waals surface area (Å²) in [4.78, 5) is 16.4. The molecular weight excluding hydrogens is 280 g/mol. The second-order valence-corrected chi connectivity index (χ2v) is 6.09. The highest BCUT2D eigenvalue weighted by molar-refractivity contribution is 7.14. The van der Waals surface area contributed by atoms with Crippen molar-refractivity contribution in [3.63, 3.8) is 0 Å². The van der Waals surface area contributed by atoms with Crippen LogP contribution in [0.25, 0.3) is 0 Å². The fraction of sp³-hybridized carbons (Fsp3) is 0.643. The monoisotopic (exact) mass is 302 g/mol. The van der Waals surface area contributed by atoms with Crippen LogP contribution in [-0.2, 0) is 12.8 Å². The molecule has 5 heteroatoms. The van der Waals surface area contributed by atoms with Crippen molar-refractivity contribution in [1.29, 1.82) is 0 Å². The zero-order valence-corrected chi connectivity index (χ0v) is 13.3. The van der Waals surface area contributed by atoms with Crippen LogP contribution in [0.1, 0.15) is 39.4 Å². The molecule has 0 saturated carbocycles. The average Bonchev–Trinajstić information content (AvgIpc) is 2.66. The van der Waals surface area contributed by atoms with Gasteiger partial charge in [-0.1, -0.05) is 6.42 Å². The summed E-state index contributed by atoms with van der Waals surface area (Å²) in [6.07, 6.45) is 6.18. The molecule has 0 atom stereocenters. The topological polar surface area (TPSA) is 32.3 Å². The third-order valence-electron chi connectivity index (χ3n) is 3.50. The van der Waals surface area contributed by atoms with E-state index in [-0.39, 0.29) is 18.3 Å². The number of carbonyl (C=O) groups excluding carboxylic acids is 1. The summed E-state index contributed by atoms with van der Waals surface area (Å²) in [6, 6.07) is 2.13. The first-order valence-corrected chi connectivity index (χ1v) is 7.55. The van der Waals surface area contributed by atoms with Crippen molar-refractivity contribution in [2.24, 2.45) is 0 Å². The van der Waals surface area contributed by atoms with E-state index < -0.39 is 0 Å². The van der Waals surface area contributed by atoms with Crippen molar-refractivity contribution < 1.29 is 4.79 Å². The highest BCUT2D eigenvalue weighted by Gasteiger charge is 2.18. The quantitative estimate of drug-likeness (QED) is 0.868. The van der Waals surface area contributed by atoms with E-state index in [9.17, 15) is 4.79 Å². The number of nitrogens with zero attached hydrogens (tertiary/aromatic N) is 1. The van der Waals surface area contributed by atoms with Crippen LogP contribution in [0.15, 0.2) is 6.07 Å². The molecule has 0 radical (unpaired) electrons. The molecule has 0 unspecified atom stereocenters. The van der Waals surface area contributed by atoms with Gasteiger partial charge in [-0.05, 0) is 44.4 Å². The van der Waals surface area contributed by atoms with Crippen molar-refractivity contribution in [2.45, 2.75) is 32.1 Å². The summed E-state index contributed by atoms with van der Waals surface area (Å²) in [6.45, 7) is 1.60. The molecule has 1 N–H and O–H groups in total. The van der Waals surface area contributed by atoms with Gasteiger partial charge in [0.2, 0.25) is 0 Å². The van der Waals surface area contributed by atoms with Gasteiger partial charge in [-0.3, -0.25) is 4.79 Å². The zero-order valence-electron chi connectivity index (χ0n) is 11.7. The molecular formula is C14H23ClN2OS. The van der Waals surface area contributed by atoms with Gasteiger partial charge in [-0.15, -0.1) is 23.7 Å². The molecule has 3 nitrogen and oxygen atoms in total. The largest absolute Gasteiger partial charge is 0.340 e. The van der Waals surface area contributed by atoms with Crippen molar-refractivity contribution in [1.82, 2.24) is 10.2 Å². The molecule has 19 heavy (non-hydrogen) atoms. The number of amides is 1. The molecule has 1 aromatic rings. The zero-order chi connectivity index (χ0) is 13.0. The maximum Gasteiger partial charge on any atom is 0.263 e. The van der Waals surface area contributed by atoms with Crippen molar-refractivity contribution in [2.75, 3.05) is 27.2 Å². The first kappa shape index (κ1) is 16.5. The molecule has 1 amide bonds. The van der Waals surface area contributed by atoms with Gasteiger partial charge in [-0.2, -0.15) is 0 Å². The van der Waals surface area contributed by atoms with E-state index in [0.29, 0.717) is 0 Å². The van der Waals surface area contributed by atoms with E-state index >= 15 is 0 Å². The Morgan fingerprint density at radius 1 is 1.37 bits per heavy atom. The minimum absolute atomic E-state index is 0. The van der Waals surface area contributed by atoms with Crippen LogP contribution in [0.2, 0.25) is 0 Å². The Balaban J connectivity index is 0.00000180. The van der Waals surface area contributed by atoms with Crippen LogP contribution in [-0.4, -0.2) is 38.0 Å². The lowest BCUT2D eigenvalue weighted by atomic mass is 10.1. The lowest BCUT2D eigenvalue weighted by Crippen LogP contribution is -2.32. The number of rotatable bonds is 4. The molecule has 1 aromatic heterocycles. The van der Waals surface area contributed by atoms with Crippen molar-refractivity contribution in [3.8, 4) is 0 Å². The van der Waals surface area contributed by atoms with Crippen LogP contribution < -0.4 is 5.32 Å². The summed E-state index contributed by atoms with van der Waals surface area (Å²) in [5, 5.41) is 3.07. The van der Waals surface area contributed by atoms with E-state index in [1.165, 1.54) is 29.7 Å². The minimum atomic E-state index is 0. The number of halogens is 1. The predicted octanol–water partition coefficient (Wildman–Crippen LogP) is 2.73. The maximum atomic E-state index is 12.3. The highest BCUT2D eigenvalue weighted by atomic mass is 35.5. The highest BCUT2D eigenvalue weighted by Crippen LogP contribution is 2.29. The van der Waals surface area contributed by atoms with Gasteiger partial charge in [0.15, 0.2) is 0 Å². The number of hydrogen-bond acceptors (Lipinski definition) is 3. The number of fused-ring (bicyclic) bond motifs is 1. The van der Waals surface area contributed by atoms with Gasteiger partial charge < -0.3 is 10.2 Å². The second kappa shape index (κ2) is 7.88. The van der Waals surface area contributed by atoms with Crippen LogP contribution in [0.4, 0.5) is 0 Å². The Bertz CT molecular complexity index is 396. The summed E-state index contributed by atoms with van der Waals surface area (Å²) in [5.41, 5.74) is 1.42. The predicted molar refractivity (Wildman–Crippen MR) is 83.7 cm³/mol. The van der Waals surface area contributed by atoms with E-state index in [4.69, 9.17) is 0 Å². The standard InChI is InChI=1S/C14H22N2OS.ClH/c1-15-8-9-16(2)14(17)13-10-11-6-4-3-5-7-12(11)18-13;/h10,15H,3-9H2,1-2H3;1H. The fourth-order valence-electron chi connectivity index (χ4n) is 2.34. The number of likely N-dealkylation sites (N-methyl/N-ethyl adjacent to an activating group) is 2. The fourth-order valence-corrected chi connectivity index (χ4v) is 3.59. The second-order valence-electron chi connectivity index (χ2n) is 4.95. The summed E-state index contributed by atoms with van der Waals surface area (Å²) in [5.74, 6) is 0.170. The lowest BCUT2D eigenvalue weighted by molar-refractivity contribution is 0.0801. The number of carbonyl (C=O) groups is 1. The lowest BCUT2D eigenvalue weighted by Gasteiger charge is -2.15. The van der Waals surface area contributed by atoms with Crippen LogP contribution in [0.3, 0.4) is 0 Å². The van der Waals surface area contributed by atoms with Gasteiger partial charge in [0.1, 0.15) is 0 Å². The first-order chi connectivity index (χ1) is 8.72. The van der Waals surface area contributed by atoms with Gasteiger partial charge in [-0.25, -0.2) is 0 Å². The minimum Gasteiger partial charge on any atom is -0.340 e. The van der Waals surface area contributed by atoms with Gasteiger partial charge in [0.05, 0.1) is 4.88 Å². The number of aryl methyl sites for hydroxylation is 2. The number of thiophene rings is 1. The smallest absolute Gasteiger partial charge is 0.263 e. The summed E-state index contributed by atoms with van der Waals surface area (Å²) >= 11 is 1.71. The Morgan fingerprint density at radius 3 is 2.84 bits per heavy atom. The van der Waals surface area contributed by atoms with Gasteiger partial charge >= 0.3 is 0 Å². The number of hydrogen-bond donors (Lipinski definition) is 1. The Morgan fingerprint density at radius 2 is 2.11 bits per heavy atom. The molecule has 108 valence electrons. The summed E-state index contributed by atoms with van der Waals surface area (Å²) < 4.78 is 0. The van der Waals surface area contributed by atoms with Gasteiger partial charge in [0.25, 0.3) is 5.91 Å². The third kappa shape index (κ3) is 4.20. The maximum absolute atomic E-state index is 12.3. The molecule has 1 heterocycles. The summed E-state index contributed by atoms with van der Waals surface area (Å²) in [7, 11) is 3.79. The van der Waals surface area contributed by atoms with Crippen molar-refractivity contribution in [3.05, 3.63) is 21.4 Å². The Labute approximate surface area is 125 Å². The van der Waals surface area contributed by atoms with E-state index in [0.717, 1.165) is 30.8 Å². The molecule has 0 aromatic carbocycles. The van der Waals surface area contributed by atoms with Crippen LogP contribution >= 0.6 is 23.7 Å². The van der Waals surface area contributed by atoms with Gasteiger partial charge in [0, 0.05) is 25.0 Å². The van der Waals surface area contributed by atoms with Crippen LogP contribution in [0.5, 0.6) is 0 Å². The molecule has 0 aliphatic heterocycles. The molecule has 0 spiro atoms. The number of nitrogens with one attached hydrogen (secondary N) is 1. The van der Waals surface area contributed by atoms with Crippen LogP contribution in [0, 0.1) is 0 Å². The molecule has 0 saturated heterocycles. The van der Waals surface area contributed by atoms with E-state index in [1.807, 2.05) is 19.0 Å². The normalized spacial score (nSPS) is 14.2. The third-order valence-corrected chi connectivity index (χ3v) is 4.73. The molecule has 0 bridgehead atoms. The average molecular weight is 303 g/mol. The molecule has 1 aliphatic rings. The molecule has 1 aliphatic carbocycles. The van der Waals surface area contributed by atoms with E-state index in [2.05, 4.69) is 11.4 Å². The van der Waals surface area contributed by atoms with E-state index in [1.54, 1.807) is 11.3 Å². The van der Waals surface area contributed by atoms with Crippen molar-refractivity contribution >= 4 is 29.7 Å². The molecule has 0 fully saturated rings. The SMILES string of the molecule is CNCCN(C)C(=O)c1cc2c(s1)CCCCC2.Cl.